The summed E-state index contributed by atoms with van der Waals surface area (Å²) in [6.45, 7) is 3.30. The third-order valence-electron chi connectivity index (χ3n) is 7.62. The van der Waals surface area contributed by atoms with Crippen LogP contribution in [0.5, 0.6) is 0 Å². The molecule has 5 rings (SSSR count). The summed E-state index contributed by atoms with van der Waals surface area (Å²) >= 11 is 0. The maximum absolute atomic E-state index is 12.9. The van der Waals surface area contributed by atoms with E-state index in [2.05, 4.69) is 28.4 Å². The Morgan fingerprint density at radius 1 is 0.973 bits per heavy atom. The maximum atomic E-state index is 12.9. The van der Waals surface area contributed by atoms with Crippen LogP contribution in [0.4, 0.5) is 0 Å². The number of sulfone groups is 1. The average Bonchev–Trinajstić information content (AvgIpc) is 2.88. The number of nitrogens with zero attached hydrogens (tertiary/aromatic N) is 1. The number of hydrogen-bond acceptors (Lipinski definition) is 5. The van der Waals surface area contributed by atoms with E-state index < -0.39 is 21.7 Å². The van der Waals surface area contributed by atoms with E-state index in [9.17, 15) is 18.3 Å². The van der Waals surface area contributed by atoms with E-state index in [-0.39, 0.29) is 23.3 Å². The highest BCUT2D eigenvalue weighted by atomic mass is 32.2. The number of hydrogen-bond donors (Lipinski definition) is 2. The molecule has 0 spiro atoms. The van der Waals surface area contributed by atoms with Crippen LogP contribution in [-0.4, -0.2) is 49.3 Å². The van der Waals surface area contributed by atoms with Crippen LogP contribution in [0.1, 0.15) is 61.3 Å². The second-order valence-electron chi connectivity index (χ2n) is 10.5. The molecule has 1 amide bonds. The zero-order valence-corrected chi connectivity index (χ0v) is 22.1. The highest BCUT2D eigenvalue weighted by molar-refractivity contribution is 7.91. The van der Waals surface area contributed by atoms with E-state index >= 15 is 0 Å². The predicted octanol–water partition coefficient (Wildman–Crippen LogP) is 4.54. The van der Waals surface area contributed by atoms with Crippen LogP contribution < -0.4 is 5.32 Å². The number of fused-ring (bicyclic) bond motifs is 2. The van der Waals surface area contributed by atoms with Crippen LogP contribution in [-0.2, 0) is 27.6 Å². The summed E-state index contributed by atoms with van der Waals surface area (Å²) in [7, 11) is -3.73. The first-order valence-corrected chi connectivity index (χ1v) is 15.1. The molecule has 0 aromatic heterocycles. The topological polar surface area (TPSA) is 86.7 Å². The third kappa shape index (κ3) is 6.40. The molecule has 3 aromatic rings. The van der Waals surface area contributed by atoms with Crippen molar-refractivity contribution in [2.24, 2.45) is 0 Å². The van der Waals surface area contributed by atoms with Crippen molar-refractivity contribution < 1.29 is 18.3 Å². The number of aryl methyl sites for hydroxylation is 1. The first-order chi connectivity index (χ1) is 17.9. The van der Waals surface area contributed by atoms with Crippen molar-refractivity contribution in [3.8, 4) is 0 Å². The summed E-state index contributed by atoms with van der Waals surface area (Å²) in [6, 6.07) is 19.0. The molecule has 0 saturated carbocycles. The van der Waals surface area contributed by atoms with Crippen molar-refractivity contribution in [1.82, 2.24) is 10.2 Å². The lowest BCUT2D eigenvalue weighted by Crippen LogP contribution is -2.35. The smallest absolute Gasteiger partial charge is 0.223 e. The molecule has 3 aromatic carbocycles. The quantitative estimate of drug-likeness (QED) is 0.455. The summed E-state index contributed by atoms with van der Waals surface area (Å²) in [5, 5.41) is 15.3. The predicted molar refractivity (Wildman–Crippen MR) is 146 cm³/mol. The van der Waals surface area contributed by atoms with Gasteiger partial charge in [-0.1, -0.05) is 55.0 Å². The van der Waals surface area contributed by atoms with Crippen LogP contribution in [0, 0.1) is 0 Å². The lowest BCUT2D eigenvalue weighted by Gasteiger charge is -2.29. The zero-order chi connectivity index (χ0) is 25.8. The molecule has 1 heterocycles. The Bertz CT molecular complexity index is 1370. The number of amides is 1. The zero-order valence-electron chi connectivity index (χ0n) is 21.2. The van der Waals surface area contributed by atoms with Crippen molar-refractivity contribution in [1.29, 1.82) is 0 Å². The van der Waals surface area contributed by atoms with Gasteiger partial charge in [-0.05, 0) is 84.8 Å². The molecular weight excluding hydrogens is 484 g/mol. The number of benzene rings is 3. The number of piperidine rings is 1. The Labute approximate surface area is 219 Å². The van der Waals surface area contributed by atoms with Gasteiger partial charge in [0.25, 0.3) is 0 Å². The second kappa shape index (κ2) is 11.3. The Hall–Kier alpha value is -2.74. The van der Waals surface area contributed by atoms with Gasteiger partial charge >= 0.3 is 0 Å². The molecule has 37 heavy (non-hydrogen) atoms. The van der Waals surface area contributed by atoms with E-state index in [1.807, 2.05) is 24.3 Å². The molecule has 0 bridgehead atoms. The van der Waals surface area contributed by atoms with Gasteiger partial charge in [0.15, 0.2) is 9.84 Å². The van der Waals surface area contributed by atoms with Crippen molar-refractivity contribution >= 4 is 26.5 Å². The minimum Gasteiger partial charge on any atom is -0.392 e. The normalized spacial score (nSPS) is 19.3. The molecule has 196 valence electrons. The molecule has 2 atom stereocenters. The minimum absolute atomic E-state index is 0.107. The fourth-order valence-corrected chi connectivity index (χ4v) is 7.13. The standard InChI is InChI=1S/C30H36N2O4S/c33-26(21-37(35,36)27-13-12-23-7-2-3-8-24(23)18-27)19-30(34)31-29-10-6-9-25-17-22(11-14-28(25)29)20-32-15-4-1-5-16-32/h2-3,7-8,11-14,17-18,26,29,33H,1,4-6,9-10,15-16,19-21H2,(H,31,34)/t26-,29-/m1/s1. The molecular formula is C30H36N2O4S. The van der Waals surface area contributed by atoms with Crippen LogP contribution in [0.2, 0.25) is 0 Å². The summed E-state index contributed by atoms with van der Waals surface area (Å²) in [6.07, 6.45) is 5.19. The van der Waals surface area contributed by atoms with Gasteiger partial charge in [-0.2, -0.15) is 0 Å². The molecule has 0 radical (unpaired) electrons. The van der Waals surface area contributed by atoms with Crippen molar-refractivity contribution in [2.75, 3.05) is 18.8 Å². The Morgan fingerprint density at radius 2 is 1.76 bits per heavy atom. The van der Waals surface area contributed by atoms with Crippen molar-refractivity contribution in [3.63, 3.8) is 0 Å². The largest absolute Gasteiger partial charge is 0.392 e. The molecule has 1 fully saturated rings. The number of carbonyl (C=O) groups excluding carboxylic acids is 1. The molecule has 1 aliphatic heterocycles. The second-order valence-corrected chi connectivity index (χ2v) is 12.6. The molecule has 1 saturated heterocycles. The summed E-state index contributed by atoms with van der Waals surface area (Å²) < 4.78 is 25.8. The average molecular weight is 521 g/mol. The summed E-state index contributed by atoms with van der Waals surface area (Å²) in [5.41, 5.74) is 3.74. The van der Waals surface area contributed by atoms with Crippen LogP contribution in [0.25, 0.3) is 10.8 Å². The van der Waals surface area contributed by atoms with Crippen LogP contribution >= 0.6 is 0 Å². The molecule has 2 N–H and O–H groups in total. The van der Waals surface area contributed by atoms with Gasteiger partial charge in [0.05, 0.1) is 29.2 Å². The van der Waals surface area contributed by atoms with E-state index in [4.69, 9.17) is 0 Å². The Balaban J connectivity index is 1.19. The van der Waals surface area contributed by atoms with Gasteiger partial charge in [0.2, 0.25) is 5.91 Å². The van der Waals surface area contributed by atoms with Gasteiger partial charge in [0, 0.05) is 6.54 Å². The Morgan fingerprint density at radius 3 is 2.57 bits per heavy atom. The summed E-state index contributed by atoms with van der Waals surface area (Å²) in [4.78, 5) is 15.5. The number of likely N-dealkylation sites (tertiary alicyclic amines) is 1. The van der Waals surface area contributed by atoms with Crippen LogP contribution in [0.3, 0.4) is 0 Å². The molecule has 7 heteroatoms. The molecule has 6 nitrogen and oxygen atoms in total. The highest BCUT2D eigenvalue weighted by Gasteiger charge is 2.26. The van der Waals surface area contributed by atoms with Gasteiger partial charge in [0.1, 0.15) is 0 Å². The fourth-order valence-electron chi connectivity index (χ4n) is 5.73. The van der Waals surface area contributed by atoms with Crippen molar-refractivity contribution in [3.05, 3.63) is 77.4 Å². The van der Waals surface area contributed by atoms with Gasteiger partial charge in [-0.25, -0.2) is 8.42 Å². The highest BCUT2D eigenvalue weighted by Crippen LogP contribution is 2.31. The van der Waals surface area contributed by atoms with E-state index in [0.717, 1.165) is 55.2 Å². The lowest BCUT2D eigenvalue weighted by molar-refractivity contribution is -0.123. The van der Waals surface area contributed by atoms with Gasteiger partial charge in [-0.15, -0.1) is 0 Å². The number of carbonyl (C=O) groups is 1. The fraction of sp³-hybridized carbons (Fsp3) is 0.433. The van der Waals surface area contributed by atoms with Gasteiger partial charge in [-0.3, -0.25) is 9.69 Å². The lowest BCUT2D eigenvalue weighted by atomic mass is 9.86. The maximum Gasteiger partial charge on any atom is 0.223 e. The third-order valence-corrected chi connectivity index (χ3v) is 9.42. The monoisotopic (exact) mass is 520 g/mol. The first kappa shape index (κ1) is 25.9. The van der Waals surface area contributed by atoms with E-state index in [1.54, 1.807) is 18.2 Å². The minimum atomic E-state index is -3.73. The number of nitrogens with one attached hydrogen (secondary N) is 1. The number of aliphatic hydroxyl groups excluding tert-OH is 1. The van der Waals surface area contributed by atoms with Gasteiger partial charge < -0.3 is 10.4 Å². The SMILES string of the molecule is O=C(C[C@@H](O)CS(=O)(=O)c1ccc2ccccc2c1)N[C@@H]1CCCc2cc(CN3CCCCC3)ccc21. The van der Waals surface area contributed by atoms with Crippen LogP contribution in [0.15, 0.2) is 65.6 Å². The van der Waals surface area contributed by atoms with E-state index in [1.165, 1.54) is 30.4 Å². The molecule has 1 aliphatic carbocycles. The molecule has 2 aliphatic rings. The summed E-state index contributed by atoms with van der Waals surface area (Å²) in [5.74, 6) is -0.809. The number of aliphatic hydroxyl groups is 1. The molecule has 0 unspecified atom stereocenters. The van der Waals surface area contributed by atoms with E-state index in [0.29, 0.717) is 0 Å². The number of rotatable bonds is 8. The van der Waals surface area contributed by atoms with Crippen molar-refractivity contribution in [2.45, 2.75) is 68.5 Å². The first-order valence-electron chi connectivity index (χ1n) is 13.4. The Kier molecular flexibility index (Phi) is 7.93.